The van der Waals surface area contributed by atoms with E-state index >= 15 is 0 Å². The molecule has 0 radical (unpaired) electrons. The predicted octanol–water partition coefficient (Wildman–Crippen LogP) is 1.80. The Morgan fingerprint density at radius 2 is 1.81 bits per heavy atom. The van der Waals surface area contributed by atoms with E-state index in [2.05, 4.69) is 5.10 Å². The average Bonchev–Trinajstić information content (AvgIpc) is 3.18. The summed E-state index contributed by atoms with van der Waals surface area (Å²) in [5, 5.41) is 9.54. The van der Waals surface area contributed by atoms with Crippen molar-refractivity contribution >= 4 is 16.0 Å². The Morgan fingerprint density at radius 3 is 2.46 bits per heavy atom. The Hall–Kier alpha value is -2.97. The molecule has 1 atom stereocenters. The van der Waals surface area contributed by atoms with Crippen molar-refractivity contribution in [2.75, 3.05) is 7.11 Å². The summed E-state index contributed by atoms with van der Waals surface area (Å²) in [6, 6.07) is 13.7. The molecule has 2 aromatic carbocycles. The molecule has 0 spiro atoms. The highest BCUT2D eigenvalue weighted by molar-refractivity contribution is 7.89. The van der Waals surface area contributed by atoms with Crippen LogP contribution in [0.25, 0.3) is 16.9 Å². The molecule has 0 saturated heterocycles. The van der Waals surface area contributed by atoms with Crippen molar-refractivity contribution in [3.8, 4) is 16.9 Å². The maximum atomic E-state index is 12.3. The number of aromatic nitrogens is 2. The molecule has 3 aromatic rings. The summed E-state index contributed by atoms with van der Waals surface area (Å²) >= 11 is 0. The number of esters is 1. The van der Waals surface area contributed by atoms with E-state index in [-0.39, 0.29) is 10.9 Å². The topological polar surface area (TPSA) is 104 Å². The molecule has 0 fully saturated rings. The monoisotopic (exact) mass is 369 g/mol. The highest BCUT2D eigenvalue weighted by Crippen LogP contribution is 2.45. The highest BCUT2D eigenvalue weighted by atomic mass is 32.2. The van der Waals surface area contributed by atoms with Crippen LogP contribution in [0.3, 0.4) is 0 Å². The Bertz CT molecular complexity index is 1120. The van der Waals surface area contributed by atoms with Crippen LogP contribution in [0.4, 0.5) is 0 Å². The molecule has 1 unspecified atom stereocenters. The van der Waals surface area contributed by atoms with Gasteiger partial charge in [-0.1, -0.05) is 24.3 Å². The van der Waals surface area contributed by atoms with Crippen LogP contribution in [0, 0.1) is 0 Å². The van der Waals surface area contributed by atoms with Crippen LogP contribution in [0.5, 0.6) is 0 Å². The third kappa shape index (κ3) is 2.42. The second-order valence-corrected chi connectivity index (χ2v) is 7.50. The lowest BCUT2D eigenvalue weighted by Crippen LogP contribution is -2.12. The standard InChI is InChI=1S/C18H15N3O4S/c1-25-18(22)16-13-4-2-3-5-14(13)17-15(16)10-20-21(17)11-6-8-12(9-7-11)26(19,23)24/h2-10,16H,1H3,(H2,19,23,24). The summed E-state index contributed by atoms with van der Waals surface area (Å²) in [5.74, 6) is -0.871. The number of carbonyl (C=O) groups excluding carboxylic acids is 1. The number of benzene rings is 2. The maximum Gasteiger partial charge on any atom is 0.317 e. The van der Waals surface area contributed by atoms with E-state index in [4.69, 9.17) is 9.88 Å². The summed E-state index contributed by atoms with van der Waals surface area (Å²) in [7, 11) is -2.40. The number of hydrogen-bond acceptors (Lipinski definition) is 5. The zero-order valence-corrected chi connectivity index (χ0v) is 14.6. The Kier molecular flexibility index (Phi) is 3.67. The van der Waals surface area contributed by atoms with Crippen LogP contribution >= 0.6 is 0 Å². The first-order valence-electron chi connectivity index (χ1n) is 7.80. The molecule has 0 aliphatic heterocycles. The lowest BCUT2D eigenvalue weighted by atomic mass is 9.98. The van der Waals surface area contributed by atoms with Crippen LogP contribution in [-0.4, -0.2) is 31.3 Å². The SMILES string of the molecule is COC(=O)C1c2ccccc2-c2c1cnn2-c1ccc(S(N)(=O)=O)cc1. The van der Waals surface area contributed by atoms with Crippen molar-refractivity contribution in [3.05, 3.63) is 65.9 Å². The van der Waals surface area contributed by atoms with Crippen molar-refractivity contribution in [1.29, 1.82) is 0 Å². The summed E-state index contributed by atoms with van der Waals surface area (Å²) in [6.07, 6.45) is 1.64. The second-order valence-electron chi connectivity index (χ2n) is 5.94. The average molecular weight is 369 g/mol. The van der Waals surface area contributed by atoms with E-state index in [1.54, 1.807) is 23.0 Å². The van der Waals surface area contributed by atoms with Gasteiger partial charge in [0.15, 0.2) is 0 Å². The van der Waals surface area contributed by atoms with Gasteiger partial charge in [0.2, 0.25) is 10.0 Å². The van der Waals surface area contributed by atoms with Gasteiger partial charge in [0, 0.05) is 11.1 Å². The fourth-order valence-corrected chi connectivity index (χ4v) is 3.83. The Morgan fingerprint density at radius 1 is 1.12 bits per heavy atom. The maximum absolute atomic E-state index is 12.3. The first kappa shape index (κ1) is 16.5. The van der Waals surface area contributed by atoms with E-state index in [9.17, 15) is 13.2 Å². The molecular weight excluding hydrogens is 354 g/mol. The molecule has 1 heterocycles. The molecule has 0 saturated carbocycles. The van der Waals surface area contributed by atoms with Crippen LogP contribution in [0.15, 0.2) is 59.6 Å². The molecule has 1 aromatic heterocycles. The number of carbonyl (C=O) groups is 1. The number of ether oxygens (including phenoxy) is 1. The molecule has 1 aliphatic rings. The van der Waals surface area contributed by atoms with Gasteiger partial charge in [-0.15, -0.1) is 0 Å². The number of methoxy groups -OCH3 is 1. The molecule has 26 heavy (non-hydrogen) atoms. The first-order chi connectivity index (χ1) is 12.4. The van der Waals surface area contributed by atoms with Crippen LogP contribution < -0.4 is 5.14 Å². The number of nitrogens with zero attached hydrogens (tertiary/aromatic N) is 2. The second kappa shape index (κ2) is 5.79. The first-order valence-corrected chi connectivity index (χ1v) is 9.34. The highest BCUT2D eigenvalue weighted by Gasteiger charge is 2.37. The normalized spacial score (nSPS) is 15.4. The molecule has 7 nitrogen and oxygen atoms in total. The quantitative estimate of drug-likeness (QED) is 0.709. The number of sulfonamides is 1. The van der Waals surface area contributed by atoms with Crippen LogP contribution in [0.1, 0.15) is 17.0 Å². The summed E-state index contributed by atoms with van der Waals surface area (Å²) < 4.78 is 29.5. The van der Waals surface area contributed by atoms with Gasteiger partial charge in [0.25, 0.3) is 0 Å². The summed E-state index contributed by atoms with van der Waals surface area (Å²) in [4.78, 5) is 12.3. The molecule has 132 valence electrons. The minimum absolute atomic E-state index is 0.0258. The number of primary sulfonamides is 1. The van der Waals surface area contributed by atoms with E-state index in [1.807, 2.05) is 24.3 Å². The van der Waals surface area contributed by atoms with Crippen molar-refractivity contribution in [2.24, 2.45) is 5.14 Å². The molecule has 1 aliphatic carbocycles. The van der Waals surface area contributed by atoms with Gasteiger partial charge in [-0.25, -0.2) is 18.2 Å². The lowest BCUT2D eigenvalue weighted by molar-refractivity contribution is -0.141. The van der Waals surface area contributed by atoms with Gasteiger partial charge < -0.3 is 4.74 Å². The Labute approximate surface area is 150 Å². The van der Waals surface area contributed by atoms with Crippen molar-refractivity contribution in [3.63, 3.8) is 0 Å². The summed E-state index contributed by atoms with van der Waals surface area (Å²) in [5.41, 5.74) is 3.97. The van der Waals surface area contributed by atoms with Crippen molar-refractivity contribution in [2.45, 2.75) is 10.8 Å². The van der Waals surface area contributed by atoms with Gasteiger partial charge in [0.1, 0.15) is 5.92 Å². The molecule has 2 N–H and O–H groups in total. The zero-order chi connectivity index (χ0) is 18.5. The van der Waals surface area contributed by atoms with E-state index < -0.39 is 15.9 Å². The minimum atomic E-state index is -3.76. The van der Waals surface area contributed by atoms with Gasteiger partial charge in [-0.2, -0.15) is 5.10 Å². The number of nitrogens with two attached hydrogens (primary N) is 1. The van der Waals surface area contributed by atoms with Gasteiger partial charge in [0.05, 0.1) is 29.6 Å². The third-order valence-electron chi connectivity index (χ3n) is 4.48. The zero-order valence-electron chi connectivity index (χ0n) is 13.8. The molecule has 0 bridgehead atoms. The lowest BCUT2D eigenvalue weighted by Gasteiger charge is -2.09. The smallest absolute Gasteiger partial charge is 0.317 e. The molecular formula is C18H15N3O4S. The van der Waals surface area contributed by atoms with E-state index in [0.717, 1.165) is 22.4 Å². The van der Waals surface area contributed by atoms with E-state index in [1.165, 1.54) is 19.2 Å². The largest absolute Gasteiger partial charge is 0.468 e. The van der Waals surface area contributed by atoms with Crippen molar-refractivity contribution < 1.29 is 17.9 Å². The number of rotatable bonds is 3. The van der Waals surface area contributed by atoms with Gasteiger partial charge in [-0.3, -0.25) is 4.79 Å². The fourth-order valence-electron chi connectivity index (χ4n) is 3.32. The fraction of sp³-hybridized carbons (Fsp3) is 0.111. The third-order valence-corrected chi connectivity index (χ3v) is 5.41. The molecule has 4 rings (SSSR count). The van der Waals surface area contributed by atoms with E-state index in [0.29, 0.717) is 5.69 Å². The number of hydrogen-bond donors (Lipinski definition) is 1. The molecule has 0 amide bonds. The van der Waals surface area contributed by atoms with Gasteiger partial charge in [-0.05, 0) is 29.8 Å². The number of fused-ring (bicyclic) bond motifs is 3. The summed E-state index contributed by atoms with van der Waals surface area (Å²) in [6.45, 7) is 0. The van der Waals surface area contributed by atoms with Crippen LogP contribution in [0.2, 0.25) is 0 Å². The minimum Gasteiger partial charge on any atom is -0.468 e. The Balaban J connectivity index is 1.88. The van der Waals surface area contributed by atoms with Gasteiger partial charge >= 0.3 is 5.97 Å². The predicted molar refractivity (Wildman–Crippen MR) is 94.2 cm³/mol. The van der Waals surface area contributed by atoms with Crippen molar-refractivity contribution in [1.82, 2.24) is 9.78 Å². The molecule has 8 heteroatoms. The van der Waals surface area contributed by atoms with Crippen LogP contribution in [-0.2, 0) is 19.6 Å².